The third-order valence-electron chi connectivity index (χ3n) is 6.02. The summed E-state index contributed by atoms with van der Waals surface area (Å²) >= 11 is 0. The summed E-state index contributed by atoms with van der Waals surface area (Å²) in [4.78, 5) is 21.1. The van der Waals surface area contributed by atoms with Crippen molar-refractivity contribution in [2.75, 3.05) is 26.2 Å². The molecule has 0 radical (unpaired) electrons. The summed E-state index contributed by atoms with van der Waals surface area (Å²) in [6.45, 7) is 14.2. The van der Waals surface area contributed by atoms with Gasteiger partial charge in [-0.3, -0.25) is 9.69 Å². The largest absolute Gasteiger partial charge is 0.357 e. The topological polar surface area (TPSA) is 60.0 Å². The molecule has 1 amide bonds. The molecule has 30 heavy (non-hydrogen) atoms. The molecule has 0 bridgehead atoms. The van der Waals surface area contributed by atoms with Crippen LogP contribution in [0.4, 0.5) is 0 Å². The molecule has 0 saturated carbocycles. The van der Waals surface area contributed by atoms with Crippen molar-refractivity contribution in [2.24, 2.45) is 10.9 Å². The van der Waals surface area contributed by atoms with Gasteiger partial charge < -0.3 is 15.5 Å². The second kappa shape index (κ2) is 11.9. The molecule has 2 aliphatic rings. The first-order valence-electron chi connectivity index (χ1n) is 11.1. The summed E-state index contributed by atoms with van der Waals surface area (Å²) in [5.41, 5.74) is 2.37. The summed E-state index contributed by atoms with van der Waals surface area (Å²) < 4.78 is 0. The average molecular weight is 527 g/mol. The zero-order valence-corrected chi connectivity index (χ0v) is 21.2. The van der Waals surface area contributed by atoms with Crippen LogP contribution >= 0.6 is 24.0 Å². The molecule has 2 unspecified atom stereocenters. The predicted octanol–water partition coefficient (Wildman–Crippen LogP) is 3.21. The number of amides is 1. The molecular weight excluding hydrogens is 489 g/mol. The number of nitrogens with one attached hydrogen (secondary N) is 2. The number of guanidine groups is 1. The number of aliphatic imine (C=N–C) groups is 1. The van der Waals surface area contributed by atoms with Gasteiger partial charge in [0.05, 0.1) is 6.54 Å². The van der Waals surface area contributed by atoms with Crippen LogP contribution in [0.1, 0.15) is 51.7 Å². The molecule has 0 aliphatic carbocycles. The molecule has 168 valence electrons. The third-order valence-corrected chi connectivity index (χ3v) is 6.02. The zero-order chi connectivity index (χ0) is 20.8. The maximum atomic E-state index is 11.8. The van der Waals surface area contributed by atoms with E-state index in [1.54, 1.807) is 0 Å². The van der Waals surface area contributed by atoms with E-state index in [9.17, 15) is 4.79 Å². The second-order valence-corrected chi connectivity index (χ2v) is 8.71. The maximum Gasteiger partial charge on any atom is 0.222 e. The minimum atomic E-state index is 0. The highest BCUT2D eigenvalue weighted by molar-refractivity contribution is 14.0. The number of nitrogens with zero attached hydrogens (tertiary/aromatic N) is 3. The van der Waals surface area contributed by atoms with Gasteiger partial charge >= 0.3 is 0 Å². The van der Waals surface area contributed by atoms with Crippen LogP contribution in [-0.2, 0) is 17.9 Å². The van der Waals surface area contributed by atoms with Crippen molar-refractivity contribution in [1.82, 2.24) is 20.4 Å². The SMILES string of the molecule is CCNC(=NCc1ccc(CN2CCCC2=O)cc1)NC1CN(C(C)C)CC1C.I. The summed E-state index contributed by atoms with van der Waals surface area (Å²) in [6, 6.07) is 9.50. The van der Waals surface area contributed by atoms with Crippen molar-refractivity contribution in [3.63, 3.8) is 0 Å². The van der Waals surface area contributed by atoms with Crippen molar-refractivity contribution in [3.05, 3.63) is 35.4 Å². The maximum absolute atomic E-state index is 11.8. The van der Waals surface area contributed by atoms with E-state index in [4.69, 9.17) is 4.99 Å². The fraction of sp³-hybridized carbons (Fsp3) is 0.652. The normalized spacial score (nSPS) is 22.5. The fourth-order valence-electron chi connectivity index (χ4n) is 4.12. The molecule has 2 saturated heterocycles. The Morgan fingerprint density at radius 2 is 1.90 bits per heavy atom. The van der Waals surface area contributed by atoms with Gasteiger partial charge in [-0.1, -0.05) is 31.2 Å². The lowest BCUT2D eigenvalue weighted by atomic mass is 10.1. The Labute approximate surface area is 198 Å². The smallest absolute Gasteiger partial charge is 0.222 e. The Hall–Kier alpha value is -1.35. The average Bonchev–Trinajstić information content (AvgIpc) is 3.27. The Balaban J connectivity index is 0.00000320. The Kier molecular flexibility index (Phi) is 9.87. The van der Waals surface area contributed by atoms with E-state index in [2.05, 4.69) is 67.5 Å². The lowest BCUT2D eigenvalue weighted by Gasteiger charge is -2.22. The van der Waals surface area contributed by atoms with Crippen LogP contribution in [0.3, 0.4) is 0 Å². The molecule has 7 heteroatoms. The molecular formula is C23H38IN5O. The highest BCUT2D eigenvalue weighted by atomic mass is 127. The van der Waals surface area contributed by atoms with E-state index in [0.29, 0.717) is 31.0 Å². The lowest BCUT2D eigenvalue weighted by Crippen LogP contribution is -2.46. The fourth-order valence-corrected chi connectivity index (χ4v) is 4.12. The van der Waals surface area contributed by atoms with E-state index >= 15 is 0 Å². The van der Waals surface area contributed by atoms with Gasteiger partial charge in [0.1, 0.15) is 0 Å². The summed E-state index contributed by atoms with van der Waals surface area (Å²) in [7, 11) is 0. The first-order chi connectivity index (χ1) is 14.0. The van der Waals surface area contributed by atoms with Crippen molar-refractivity contribution in [1.29, 1.82) is 0 Å². The first-order valence-corrected chi connectivity index (χ1v) is 11.1. The van der Waals surface area contributed by atoms with Gasteiger partial charge in [0.15, 0.2) is 5.96 Å². The Bertz CT molecular complexity index is 706. The molecule has 2 fully saturated rings. The minimum absolute atomic E-state index is 0. The third kappa shape index (κ3) is 6.83. The quantitative estimate of drug-likeness (QED) is 0.325. The zero-order valence-electron chi connectivity index (χ0n) is 18.9. The van der Waals surface area contributed by atoms with E-state index < -0.39 is 0 Å². The molecule has 0 spiro atoms. The Morgan fingerprint density at radius 3 is 2.47 bits per heavy atom. The highest BCUT2D eigenvalue weighted by Gasteiger charge is 2.31. The van der Waals surface area contributed by atoms with Gasteiger partial charge in [-0.25, -0.2) is 4.99 Å². The van der Waals surface area contributed by atoms with Crippen LogP contribution in [0.25, 0.3) is 0 Å². The van der Waals surface area contributed by atoms with Gasteiger partial charge in [-0.15, -0.1) is 24.0 Å². The molecule has 6 nitrogen and oxygen atoms in total. The second-order valence-electron chi connectivity index (χ2n) is 8.71. The van der Waals surface area contributed by atoms with Crippen LogP contribution in [0.15, 0.2) is 29.3 Å². The predicted molar refractivity (Wildman–Crippen MR) is 134 cm³/mol. The molecule has 2 heterocycles. The number of carbonyl (C=O) groups excluding carboxylic acids is 1. The number of carbonyl (C=O) groups is 1. The number of halogens is 1. The summed E-state index contributed by atoms with van der Waals surface area (Å²) in [6.07, 6.45) is 1.68. The monoisotopic (exact) mass is 527 g/mol. The molecule has 3 rings (SSSR count). The van der Waals surface area contributed by atoms with E-state index in [1.807, 2.05) is 4.90 Å². The van der Waals surface area contributed by atoms with Gasteiger partial charge in [-0.05, 0) is 44.2 Å². The molecule has 1 aromatic rings. The van der Waals surface area contributed by atoms with Crippen LogP contribution < -0.4 is 10.6 Å². The summed E-state index contributed by atoms with van der Waals surface area (Å²) in [5.74, 6) is 1.77. The number of likely N-dealkylation sites (tertiary alicyclic amines) is 2. The van der Waals surface area contributed by atoms with Crippen LogP contribution in [0.5, 0.6) is 0 Å². The molecule has 1 aromatic carbocycles. The van der Waals surface area contributed by atoms with E-state index in [1.165, 1.54) is 11.1 Å². The van der Waals surface area contributed by atoms with Gasteiger partial charge in [0.2, 0.25) is 5.91 Å². The first kappa shape index (κ1) is 24.9. The number of benzene rings is 1. The van der Waals surface area contributed by atoms with Gasteiger partial charge in [0, 0.05) is 51.2 Å². The van der Waals surface area contributed by atoms with Gasteiger partial charge in [0.25, 0.3) is 0 Å². The van der Waals surface area contributed by atoms with E-state index in [0.717, 1.165) is 45.1 Å². The minimum Gasteiger partial charge on any atom is -0.357 e. The van der Waals surface area contributed by atoms with Gasteiger partial charge in [-0.2, -0.15) is 0 Å². The number of hydrogen-bond donors (Lipinski definition) is 2. The van der Waals surface area contributed by atoms with Crippen molar-refractivity contribution in [3.8, 4) is 0 Å². The molecule has 0 aromatic heterocycles. The van der Waals surface area contributed by atoms with Crippen molar-refractivity contribution >= 4 is 35.8 Å². The molecule has 2 aliphatic heterocycles. The number of rotatable bonds is 7. The van der Waals surface area contributed by atoms with Crippen molar-refractivity contribution < 1.29 is 4.79 Å². The molecule has 2 atom stereocenters. The lowest BCUT2D eigenvalue weighted by molar-refractivity contribution is -0.128. The van der Waals surface area contributed by atoms with Crippen LogP contribution in [0.2, 0.25) is 0 Å². The number of hydrogen-bond acceptors (Lipinski definition) is 3. The van der Waals surface area contributed by atoms with Crippen LogP contribution in [0, 0.1) is 5.92 Å². The van der Waals surface area contributed by atoms with Crippen LogP contribution in [-0.4, -0.2) is 59.9 Å². The highest BCUT2D eigenvalue weighted by Crippen LogP contribution is 2.19. The Morgan fingerprint density at radius 1 is 1.20 bits per heavy atom. The summed E-state index contributed by atoms with van der Waals surface area (Å²) in [5, 5.41) is 7.02. The van der Waals surface area contributed by atoms with Crippen molar-refractivity contribution in [2.45, 2.75) is 65.7 Å². The molecule has 2 N–H and O–H groups in total. The standard InChI is InChI=1S/C23H37N5O.HI/c1-5-24-23(26-21-16-28(17(2)3)14-18(21)4)25-13-19-8-10-20(11-9-19)15-27-12-6-7-22(27)29;/h8-11,17-18,21H,5-7,12-16H2,1-4H3,(H2,24,25,26);1H. The van der Waals surface area contributed by atoms with E-state index in [-0.39, 0.29) is 29.9 Å².